The zero-order chi connectivity index (χ0) is 24.3. The van der Waals surface area contributed by atoms with Gasteiger partial charge in [0, 0.05) is 13.0 Å². The lowest BCUT2D eigenvalue weighted by molar-refractivity contribution is -0.137. The number of carbonyl (C=O) groups is 1. The third-order valence-corrected chi connectivity index (χ3v) is 5.47. The highest BCUT2D eigenvalue weighted by molar-refractivity contribution is 5.94. The summed E-state index contributed by atoms with van der Waals surface area (Å²) in [4.78, 5) is 12.1. The van der Waals surface area contributed by atoms with E-state index in [0.717, 1.165) is 31.4 Å². The SMILES string of the molecule is CCCCCCCCCC(=O)Nc1ccc(NCCc2ccc(C(F)(F)F)cc2)c(F)c1N. The van der Waals surface area contributed by atoms with Gasteiger partial charge in [-0.3, -0.25) is 4.79 Å². The molecule has 2 rings (SSSR count). The summed E-state index contributed by atoms with van der Waals surface area (Å²) in [5.74, 6) is -0.867. The summed E-state index contributed by atoms with van der Waals surface area (Å²) >= 11 is 0. The zero-order valence-corrected chi connectivity index (χ0v) is 19.0. The summed E-state index contributed by atoms with van der Waals surface area (Å²) in [5.41, 5.74) is 6.10. The molecule has 0 saturated heterocycles. The molecule has 0 fully saturated rings. The average molecular weight is 468 g/mol. The topological polar surface area (TPSA) is 67.2 Å². The number of alkyl halides is 3. The van der Waals surface area contributed by atoms with Gasteiger partial charge in [-0.05, 0) is 42.7 Å². The fraction of sp³-hybridized carbons (Fsp3) is 0.480. The van der Waals surface area contributed by atoms with Gasteiger partial charge in [0.1, 0.15) is 0 Å². The van der Waals surface area contributed by atoms with Crippen LogP contribution >= 0.6 is 0 Å². The molecule has 4 nitrogen and oxygen atoms in total. The molecule has 1 amide bonds. The Balaban J connectivity index is 1.79. The molecule has 4 N–H and O–H groups in total. The van der Waals surface area contributed by atoms with Crippen LogP contribution in [-0.4, -0.2) is 12.5 Å². The minimum absolute atomic E-state index is 0.151. The lowest BCUT2D eigenvalue weighted by atomic mass is 10.1. The van der Waals surface area contributed by atoms with Gasteiger partial charge in [0.05, 0.1) is 22.6 Å². The second-order valence-corrected chi connectivity index (χ2v) is 8.18. The van der Waals surface area contributed by atoms with E-state index in [0.29, 0.717) is 24.9 Å². The van der Waals surface area contributed by atoms with Crippen molar-refractivity contribution in [2.45, 2.75) is 70.9 Å². The first-order chi connectivity index (χ1) is 15.7. The molecule has 0 atom stereocenters. The van der Waals surface area contributed by atoms with Gasteiger partial charge in [0.15, 0.2) is 5.82 Å². The Kier molecular flexibility index (Phi) is 10.5. The van der Waals surface area contributed by atoms with Crippen LogP contribution in [0.2, 0.25) is 0 Å². The molecule has 0 spiro atoms. The van der Waals surface area contributed by atoms with E-state index in [1.54, 1.807) is 6.07 Å². The van der Waals surface area contributed by atoms with E-state index in [4.69, 9.17) is 5.73 Å². The third-order valence-electron chi connectivity index (χ3n) is 5.47. The first kappa shape index (κ1) is 26.5. The highest BCUT2D eigenvalue weighted by Crippen LogP contribution is 2.30. The molecule has 2 aromatic rings. The van der Waals surface area contributed by atoms with Crippen molar-refractivity contribution in [3.63, 3.8) is 0 Å². The van der Waals surface area contributed by atoms with Crippen LogP contribution in [0, 0.1) is 5.82 Å². The van der Waals surface area contributed by atoms with Crippen molar-refractivity contribution >= 4 is 23.0 Å². The van der Waals surface area contributed by atoms with Gasteiger partial charge in [-0.1, -0.05) is 57.6 Å². The molecule has 0 saturated carbocycles. The Bertz CT molecular complexity index is 882. The zero-order valence-electron chi connectivity index (χ0n) is 19.0. The van der Waals surface area contributed by atoms with Crippen molar-refractivity contribution < 1.29 is 22.4 Å². The summed E-state index contributed by atoms with van der Waals surface area (Å²) in [7, 11) is 0. The predicted octanol–water partition coefficient (Wildman–Crippen LogP) is 7.16. The van der Waals surface area contributed by atoms with E-state index in [2.05, 4.69) is 17.6 Å². The minimum atomic E-state index is -4.37. The number of hydrogen-bond acceptors (Lipinski definition) is 3. The van der Waals surface area contributed by atoms with E-state index in [1.165, 1.54) is 43.9 Å². The molecule has 0 aliphatic rings. The van der Waals surface area contributed by atoms with E-state index in [9.17, 15) is 22.4 Å². The standard InChI is InChI=1S/C25H33F4N3O/c1-2-3-4-5-6-7-8-9-22(33)32-21-15-14-20(23(26)24(21)30)31-17-16-18-10-12-19(13-11-18)25(27,28)29/h10-15,31H,2-9,16-17,30H2,1H3,(H,32,33). The Labute approximate surface area is 192 Å². The molecule has 182 valence electrons. The Morgan fingerprint density at radius 3 is 2.15 bits per heavy atom. The van der Waals surface area contributed by atoms with Crippen LogP contribution in [0.1, 0.15) is 69.4 Å². The summed E-state index contributed by atoms with van der Waals surface area (Å²) in [6.45, 7) is 2.48. The third kappa shape index (κ3) is 8.94. The monoisotopic (exact) mass is 467 g/mol. The normalized spacial score (nSPS) is 11.4. The van der Waals surface area contributed by atoms with Crippen LogP contribution in [0.3, 0.4) is 0 Å². The number of rotatable bonds is 13. The van der Waals surface area contributed by atoms with E-state index in [-0.39, 0.29) is 23.0 Å². The number of nitrogens with one attached hydrogen (secondary N) is 2. The van der Waals surface area contributed by atoms with Gasteiger partial charge >= 0.3 is 6.18 Å². The number of benzene rings is 2. The number of halogens is 4. The summed E-state index contributed by atoms with van der Waals surface area (Å²) in [6, 6.07) is 7.89. The molecule has 0 bridgehead atoms. The first-order valence-electron chi connectivity index (χ1n) is 11.5. The second kappa shape index (κ2) is 13.1. The molecule has 8 heteroatoms. The predicted molar refractivity (Wildman–Crippen MR) is 126 cm³/mol. The molecule has 0 radical (unpaired) electrons. The number of hydrogen-bond donors (Lipinski definition) is 3. The number of amides is 1. The van der Waals surface area contributed by atoms with Crippen LogP contribution in [0.25, 0.3) is 0 Å². The number of nitrogens with two attached hydrogens (primary N) is 1. The van der Waals surface area contributed by atoms with Gasteiger partial charge in [-0.2, -0.15) is 13.2 Å². The second-order valence-electron chi connectivity index (χ2n) is 8.18. The molecule has 0 heterocycles. The van der Waals surface area contributed by atoms with E-state index in [1.807, 2.05) is 0 Å². The lowest BCUT2D eigenvalue weighted by Gasteiger charge is -2.13. The maximum absolute atomic E-state index is 14.6. The maximum atomic E-state index is 14.6. The van der Waals surface area contributed by atoms with Gasteiger partial charge in [-0.15, -0.1) is 0 Å². The Morgan fingerprint density at radius 1 is 0.909 bits per heavy atom. The van der Waals surface area contributed by atoms with Gasteiger partial charge in [-0.25, -0.2) is 4.39 Å². The number of unbranched alkanes of at least 4 members (excludes halogenated alkanes) is 6. The molecule has 0 aliphatic carbocycles. The van der Waals surface area contributed by atoms with Crippen LogP contribution in [0.4, 0.5) is 34.6 Å². The summed E-state index contributed by atoms with van der Waals surface area (Å²) < 4.78 is 52.5. The summed E-state index contributed by atoms with van der Waals surface area (Å²) in [5, 5.41) is 5.57. The first-order valence-corrected chi connectivity index (χ1v) is 11.5. The highest BCUT2D eigenvalue weighted by atomic mass is 19.4. The smallest absolute Gasteiger partial charge is 0.395 e. The van der Waals surface area contributed by atoms with Crippen molar-refractivity contribution in [1.29, 1.82) is 0 Å². The fourth-order valence-electron chi connectivity index (χ4n) is 3.50. The van der Waals surface area contributed by atoms with Gasteiger partial charge < -0.3 is 16.4 Å². The quantitative estimate of drug-likeness (QED) is 0.166. The van der Waals surface area contributed by atoms with Crippen molar-refractivity contribution in [2.75, 3.05) is 22.9 Å². The van der Waals surface area contributed by atoms with E-state index >= 15 is 0 Å². The molecule has 0 aromatic heterocycles. The maximum Gasteiger partial charge on any atom is 0.416 e. The van der Waals surface area contributed by atoms with Crippen molar-refractivity contribution in [1.82, 2.24) is 0 Å². The summed E-state index contributed by atoms with van der Waals surface area (Å²) in [6.07, 6.45) is 4.13. The highest BCUT2D eigenvalue weighted by Gasteiger charge is 2.29. The van der Waals surface area contributed by atoms with E-state index < -0.39 is 17.6 Å². The fourth-order valence-corrected chi connectivity index (χ4v) is 3.50. The molecular weight excluding hydrogens is 434 g/mol. The largest absolute Gasteiger partial charge is 0.416 e. The lowest BCUT2D eigenvalue weighted by Crippen LogP contribution is -2.14. The van der Waals surface area contributed by atoms with Crippen LogP contribution < -0.4 is 16.4 Å². The number of nitrogen functional groups attached to an aromatic ring is 1. The number of anilines is 3. The van der Waals surface area contributed by atoms with Crippen molar-refractivity contribution in [2.24, 2.45) is 0 Å². The molecule has 33 heavy (non-hydrogen) atoms. The van der Waals surface area contributed by atoms with Crippen LogP contribution in [0.5, 0.6) is 0 Å². The van der Waals surface area contributed by atoms with Gasteiger partial charge in [0.25, 0.3) is 0 Å². The molecule has 0 unspecified atom stereocenters. The van der Waals surface area contributed by atoms with Crippen molar-refractivity contribution in [3.8, 4) is 0 Å². The molecule has 0 aliphatic heterocycles. The van der Waals surface area contributed by atoms with Gasteiger partial charge in [0.2, 0.25) is 5.91 Å². The van der Waals surface area contributed by atoms with Crippen LogP contribution in [0.15, 0.2) is 36.4 Å². The molecule has 2 aromatic carbocycles. The molecular formula is C25H33F4N3O. The van der Waals surface area contributed by atoms with Crippen LogP contribution in [-0.2, 0) is 17.4 Å². The minimum Gasteiger partial charge on any atom is -0.395 e. The number of carbonyl (C=O) groups excluding carboxylic acids is 1. The Hall–Kier alpha value is -2.77. The van der Waals surface area contributed by atoms with Crippen molar-refractivity contribution in [3.05, 3.63) is 53.3 Å². The Morgan fingerprint density at radius 2 is 1.52 bits per heavy atom. The average Bonchev–Trinajstić information content (AvgIpc) is 2.77.